The van der Waals surface area contributed by atoms with Gasteiger partial charge in [-0.1, -0.05) is 17.9 Å². The minimum atomic E-state index is -0.996. The standard InChI is InChI=1S/C13H13NO/c1-13(2,15)9-4-3-6-11-7-5-8-12(14)10-11/h5,7-8,10,15H,14H2,1-2H3. The number of nitrogens with two attached hydrogens (primary N) is 1. The van der Waals surface area contributed by atoms with E-state index in [2.05, 4.69) is 23.7 Å². The lowest BCUT2D eigenvalue weighted by atomic mass is 10.1. The molecule has 0 bridgehead atoms. The topological polar surface area (TPSA) is 46.2 Å². The van der Waals surface area contributed by atoms with E-state index in [9.17, 15) is 5.11 Å². The van der Waals surface area contributed by atoms with E-state index in [-0.39, 0.29) is 0 Å². The quantitative estimate of drug-likeness (QED) is 0.490. The normalized spacial score (nSPS) is 9.53. The van der Waals surface area contributed by atoms with E-state index >= 15 is 0 Å². The lowest BCUT2D eigenvalue weighted by Crippen LogP contribution is -2.14. The zero-order chi connectivity index (χ0) is 11.3. The second-order valence-electron chi connectivity index (χ2n) is 3.68. The van der Waals surface area contributed by atoms with E-state index in [1.165, 1.54) is 0 Å². The van der Waals surface area contributed by atoms with Crippen molar-refractivity contribution in [2.75, 3.05) is 5.73 Å². The van der Waals surface area contributed by atoms with Crippen LogP contribution in [0.2, 0.25) is 0 Å². The third-order valence-electron chi connectivity index (χ3n) is 1.52. The summed E-state index contributed by atoms with van der Waals surface area (Å²) < 4.78 is 0. The second-order valence-corrected chi connectivity index (χ2v) is 3.68. The molecule has 3 N–H and O–H groups in total. The molecular formula is C13H13NO. The molecule has 2 nitrogen and oxygen atoms in total. The molecule has 0 radical (unpaired) electrons. The number of nitrogen functional groups attached to an aromatic ring is 1. The predicted molar refractivity (Wildman–Crippen MR) is 61.8 cm³/mol. The van der Waals surface area contributed by atoms with E-state index < -0.39 is 5.60 Å². The van der Waals surface area contributed by atoms with E-state index in [0.717, 1.165) is 5.56 Å². The Labute approximate surface area is 90.1 Å². The summed E-state index contributed by atoms with van der Waals surface area (Å²) in [4.78, 5) is 0. The fourth-order valence-electron chi connectivity index (χ4n) is 0.904. The third kappa shape index (κ3) is 4.76. The van der Waals surface area contributed by atoms with E-state index in [0.29, 0.717) is 5.69 Å². The number of aliphatic hydroxyl groups is 1. The Hall–Kier alpha value is -1.90. The lowest BCUT2D eigenvalue weighted by molar-refractivity contribution is 0.143. The highest BCUT2D eigenvalue weighted by atomic mass is 16.3. The van der Waals surface area contributed by atoms with Crippen LogP contribution in [0.1, 0.15) is 19.4 Å². The van der Waals surface area contributed by atoms with Crippen LogP contribution in [0.15, 0.2) is 24.3 Å². The van der Waals surface area contributed by atoms with Crippen molar-refractivity contribution in [2.24, 2.45) is 0 Å². The van der Waals surface area contributed by atoms with E-state index in [1.807, 2.05) is 12.1 Å². The van der Waals surface area contributed by atoms with Crippen molar-refractivity contribution in [1.29, 1.82) is 0 Å². The Kier molecular flexibility index (Phi) is 3.39. The number of anilines is 1. The Morgan fingerprint density at radius 2 is 2.00 bits per heavy atom. The van der Waals surface area contributed by atoms with Crippen molar-refractivity contribution in [3.05, 3.63) is 29.8 Å². The number of hydrogen-bond donors (Lipinski definition) is 2. The zero-order valence-corrected chi connectivity index (χ0v) is 8.83. The average molecular weight is 199 g/mol. The molecule has 0 saturated carbocycles. The van der Waals surface area contributed by atoms with Crippen molar-refractivity contribution in [3.63, 3.8) is 0 Å². The van der Waals surface area contributed by atoms with Gasteiger partial charge in [-0.2, -0.15) is 0 Å². The van der Waals surface area contributed by atoms with Crippen LogP contribution in [0.3, 0.4) is 0 Å². The molecule has 0 aromatic heterocycles. The van der Waals surface area contributed by atoms with Gasteiger partial charge < -0.3 is 10.8 Å². The first kappa shape index (κ1) is 11.2. The summed E-state index contributed by atoms with van der Waals surface area (Å²) in [6.45, 7) is 3.23. The van der Waals surface area contributed by atoms with Crippen molar-refractivity contribution >= 4 is 5.69 Å². The highest BCUT2D eigenvalue weighted by molar-refractivity contribution is 5.48. The molecule has 0 heterocycles. The summed E-state index contributed by atoms with van der Waals surface area (Å²) in [5.41, 5.74) is 6.09. The van der Waals surface area contributed by atoms with Gasteiger partial charge in [0.05, 0.1) is 0 Å². The minimum Gasteiger partial charge on any atom is -0.399 e. The van der Waals surface area contributed by atoms with Gasteiger partial charge in [0.25, 0.3) is 0 Å². The van der Waals surface area contributed by atoms with Gasteiger partial charge in [0.2, 0.25) is 0 Å². The monoisotopic (exact) mass is 199 g/mol. The second kappa shape index (κ2) is 4.55. The Morgan fingerprint density at radius 1 is 1.27 bits per heavy atom. The number of hydrogen-bond acceptors (Lipinski definition) is 2. The predicted octanol–water partition coefficient (Wildman–Crippen LogP) is 1.39. The Balaban J connectivity index is 2.78. The first-order valence-electron chi connectivity index (χ1n) is 4.58. The molecule has 0 aliphatic rings. The fourth-order valence-corrected chi connectivity index (χ4v) is 0.904. The molecule has 1 aromatic rings. The molecule has 2 heteroatoms. The molecule has 0 aliphatic heterocycles. The molecule has 0 fully saturated rings. The third-order valence-corrected chi connectivity index (χ3v) is 1.52. The van der Waals surface area contributed by atoms with Crippen LogP contribution in [-0.4, -0.2) is 10.7 Å². The molecule has 0 aliphatic carbocycles. The first-order valence-corrected chi connectivity index (χ1v) is 4.58. The molecule has 0 amide bonds. The smallest absolute Gasteiger partial charge is 0.120 e. The Bertz CT molecular complexity index is 461. The van der Waals surface area contributed by atoms with Crippen LogP contribution in [0.4, 0.5) is 5.69 Å². The van der Waals surface area contributed by atoms with Gasteiger partial charge in [0.1, 0.15) is 5.60 Å². The molecule has 0 unspecified atom stereocenters. The van der Waals surface area contributed by atoms with Gasteiger partial charge in [-0.05, 0) is 43.9 Å². The largest absolute Gasteiger partial charge is 0.399 e. The number of rotatable bonds is 0. The highest BCUT2D eigenvalue weighted by Crippen LogP contribution is 2.04. The van der Waals surface area contributed by atoms with Gasteiger partial charge in [0, 0.05) is 11.3 Å². The summed E-state index contributed by atoms with van der Waals surface area (Å²) in [6.07, 6.45) is 0. The van der Waals surface area contributed by atoms with Crippen molar-refractivity contribution in [3.8, 4) is 23.7 Å². The molecule has 0 spiro atoms. The van der Waals surface area contributed by atoms with Crippen molar-refractivity contribution in [2.45, 2.75) is 19.4 Å². The summed E-state index contributed by atoms with van der Waals surface area (Å²) in [5.74, 6) is 10.7. The molecule has 15 heavy (non-hydrogen) atoms. The van der Waals surface area contributed by atoms with Crippen LogP contribution in [0, 0.1) is 23.7 Å². The van der Waals surface area contributed by atoms with Crippen LogP contribution in [0.25, 0.3) is 0 Å². The van der Waals surface area contributed by atoms with E-state index in [1.54, 1.807) is 26.0 Å². The van der Waals surface area contributed by atoms with Crippen LogP contribution < -0.4 is 5.73 Å². The van der Waals surface area contributed by atoms with Crippen LogP contribution in [0.5, 0.6) is 0 Å². The molecular weight excluding hydrogens is 186 g/mol. The molecule has 1 aromatic carbocycles. The van der Waals surface area contributed by atoms with Crippen molar-refractivity contribution < 1.29 is 5.11 Å². The molecule has 76 valence electrons. The first-order chi connectivity index (χ1) is 6.97. The maximum atomic E-state index is 9.30. The summed E-state index contributed by atoms with van der Waals surface area (Å²) >= 11 is 0. The average Bonchev–Trinajstić information content (AvgIpc) is 2.11. The SMILES string of the molecule is CC(C)(O)C#CC#Cc1cccc(N)c1. The van der Waals surface area contributed by atoms with Gasteiger partial charge in [-0.15, -0.1) is 0 Å². The Morgan fingerprint density at radius 3 is 2.60 bits per heavy atom. The van der Waals surface area contributed by atoms with Crippen molar-refractivity contribution in [1.82, 2.24) is 0 Å². The summed E-state index contributed by atoms with van der Waals surface area (Å²) in [7, 11) is 0. The molecule has 0 saturated heterocycles. The zero-order valence-electron chi connectivity index (χ0n) is 8.83. The van der Waals surface area contributed by atoms with Crippen LogP contribution in [-0.2, 0) is 0 Å². The highest BCUT2D eigenvalue weighted by Gasteiger charge is 2.04. The van der Waals surface area contributed by atoms with Crippen LogP contribution >= 0.6 is 0 Å². The van der Waals surface area contributed by atoms with E-state index in [4.69, 9.17) is 5.73 Å². The lowest BCUT2D eigenvalue weighted by Gasteiger charge is -2.04. The molecule has 1 rings (SSSR count). The minimum absolute atomic E-state index is 0.678. The number of benzene rings is 1. The summed E-state index contributed by atoms with van der Waals surface area (Å²) in [6, 6.07) is 7.27. The van der Waals surface area contributed by atoms with Gasteiger partial charge in [0.15, 0.2) is 0 Å². The van der Waals surface area contributed by atoms with Gasteiger partial charge in [-0.25, -0.2) is 0 Å². The van der Waals surface area contributed by atoms with Gasteiger partial charge >= 0.3 is 0 Å². The molecule has 0 atom stereocenters. The fraction of sp³-hybridized carbons (Fsp3) is 0.231. The van der Waals surface area contributed by atoms with Gasteiger partial charge in [-0.3, -0.25) is 0 Å². The maximum absolute atomic E-state index is 9.30. The maximum Gasteiger partial charge on any atom is 0.120 e. The summed E-state index contributed by atoms with van der Waals surface area (Å²) in [5, 5.41) is 9.30.